The van der Waals surface area contributed by atoms with Crippen molar-refractivity contribution in [3.05, 3.63) is 28.2 Å². The second kappa shape index (κ2) is 6.94. The number of aliphatic hydroxyl groups is 2. The molecular weight excluding hydrogens is 452 g/mol. The number of benzene rings is 1. The Labute approximate surface area is 195 Å². The monoisotopic (exact) mass is 489 g/mol. The highest BCUT2D eigenvalue weighted by molar-refractivity contribution is 9.10. The number of hydrogen-bond acceptors (Lipinski definition) is 3. The van der Waals surface area contributed by atoms with Crippen molar-refractivity contribution in [3.8, 4) is 0 Å². The molecule has 0 radical (unpaired) electrons. The number of piperidine rings is 4. The quantitative estimate of drug-likeness (QED) is 0.459. The molecule has 5 bridgehead atoms. The summed E-state index contributed by atoms with van der Waals surface area (Å²) in [4.78, 5) is 2.49. The molecule has 6 aliphatic rings. The molecule has 0 aromatic heterocycles. The Hall–Kier alpha value is -0.620. The Bertz CT molecular complexity index is 894. The Balaban J connectivity index is 1.51. The molecule has 170 valence electrons. The minimum atomic E-state index is -0.298. The summed E-state index contributed by atoms with van der Waals surface area (Å²) < 4.78 is 1.99. The molecule has 1 aromatic rings. The lowest BCUT2D eigenvalue weighted by Crippen LogP contribution is -2.83. The number of fused-ring (bicyclic) bond motifs is 2. The standard InChI is InChI=1S/C26H38BrN2O2/c1-4-6-7-8-11-29-20-13-17(16(5-2)25(29)31)22-21(29)14-26(24(22)30)18-12-15(27)9-10-19(18)28(3)23(20)26/h9-10,12,16-17,20-25,30-31H,4-8,11,13-14H2,1-3H3/q+1/t16-,17?,20-,21-,22?,23-,24?,25+,26?,29?/m0/s1. The van der Waals surface area contributed by atoms with Gasteiger partial charge >= 0.3 is 0 Å². The van der Waals surface area contributed by atoms with Crippen LogP contribution in [0.1, 0.15) is 64.4 Å². The number of unbranched alkanes of at least 4 members (excludes halogenated alkanes) is 3. The van der Waals surface area contributed by atoms with E-state index < -0.39 is 0 Å². The van der Waals surface area contributed by atoms with Crippen LogP contribution >= 0.6 is 15.9 Å². The lowest BCUT2D eigenvalue weighted by atomic mass is 9.60. The molecule has 0 amide bonds. The van der Waals surface area contributed by atoms with Crippen LogP contribution in [0.15, 0.2) is 22.7 Å². The highest BCUT2D eigenvalue weighted by Gasteiger charge is 2.82. The summed E-state index contributed by atoms with van der Waals surface area (Å²) in [6, 6.07) is 7.80. The minimum Gasteiger partial charge on any atom is -0.392 e. The third-order valence-electron chi connectivity index (χ3n) is 10.6. The summed E-state index contributed by atoms with van der Waals surface area (Å²) in [5.41, 5.74) is 2.48. The molecule has 4 saturated heterocycles. The fourth-order valence-corrected chi connectivity index (χ4v) is 10.0. The Morgan fingerprint density at radius 2 is 1.97 bits per heavy atom. The van der Waals surface area contributed by atoms with E-state index in [1.807, 2.05) is 0 Å². The van der Waals surface area contributed by atoms with Crippen molar-refractivity contribution in [1.29, 1.82) is 0 Å². The van der Waals surface area contributed by atoms with Crippen LogP contribution in [0.2, 0.25) is 0 Å². The molecule has 5 unspecified atom stereocenters. The molecule has 5 heterocycles. The van der Waals surface area contributed by atoms with E-state index >= 15 is 0 Å². The van der Waals surface area contributed by atoms with Crippen LogP contribution in [-0.2, 0) is 5.41 Å². The molecular formula is C26H38BrN2O2+. The number of nitrogens with zero attached hydrogens (tertiary/aromatic N) is 2. The first kappa shape index (κ1) is 20.9. The number of aliphatic hydroxyl groups excluding tert-OH is 2. The van der Waals surface area contributed by atoms with Crippen LogP contribution in [0, 0.1) is 17.8 Å². The van der Waals surface area contributed by atoms with Crippen LogP contribution in [0.4, 0.5) is 5.69 Å². The van der Waals surface area contributed by atoms with E-state index in [9.17, 15) is 10.2 Å². The normalized spacial score (nSPS) is 48.4. The summed E-state index contributed by atoms with van der Waals surface area (Å²) >= 11 is 3.72. The van der Waals surface area contributed by atoms with Crippen molar-refractivity contribution in [2.75, 3.05) is 18.5 Å². The molecule has 2 N–H and O–H groups in total. The van der Waals surface area contributed by atoms with Crippen molar-refractivity contribution in [1.82, 2.24) is 0 Å². The van der Waals surface area contributed by atoms with Gasteiger partial charge in [0.15, 0.2) is 6.23 Å². The zero-order valence-corrected chi connectivity index (χ0v) is 20.8. The van der Waals surface area contributed by atoms with Crippen molar-refractivity contribution in [2.24, 2.45) is 17.8 Å². The number of anilines is 1. The highest BCUT2D eigenvalue weighted by Crippen LogP contribution is 2.71. The van der Waals surface area contributed by atoms with Gasteiger partial charge in [0.2, 0.25) is 0 Å². The van der Waals surface area contributed by atoms with Crippen molar-refractivity contribution < 1.29 is 14.7 Å². The number of quaternary nitrogens is 1. The van der Waals surface area contributed by atoms with Crippen LogP contribution < -0.4 is 4.90 Å². The molecule has 10 atom stereocenters. The van der Waals surface area contributed by atoms with Gasteiger partial charge in [0.25, 0.3) is 0 Å². The summed E-state index contributed by atoms with van der Waals surface area (Å²) in [5.74, 6) is 1.13. The predicted octanol–water partition coefficient (Wildman–Crippen LogP) is 4.41. The minimum absolute atomic E-state index is 0.171. The van der Waals surface area contributed by atoms with Gasteiger partial charge in [0.05, 0.1) is 30.1 Å². The Morgan fingerprint density at radius 3 is 2.71 bits per heavy atom. The first-order valence-corrected chi connectivity index (χ1v) is 13.5. The van der Waals surface area contributed by atoms with Gasteiger partial charge in [-0.05, 0) is 48.9 Å². The maximum Gasteiger partial charge on any atom is 0.194 e. The largest absolute Gasteiger partial charge is 0.392 e. The molecule has 31 heavy (non-hydrogen) atoms. The van der Waals surface area contributed by atoms with E-state index in [2.05, 4.69) is 59.9 Å². The van der Waals surface area contributed by atoms with E-state index in [0.717, 1.165) is 28.3 Å². The average molecular weight is 491 g/mol. The predicted molar refractivity (Wildman–Crippen MR) is 127 cm³/mol. The number of hydrogen-bond donors (Lipinski definition) is 2. The Kier molecular flexibility index (Phi) is 4.69. The van der Waals surface area contributed by atoms with Gasteiger partial charge in [0, 0.05) is 41.9 Å². The zero-order valence-electron chi connectivity index (χ0n) is 19.2. The third-order valence-corrected chi connectivity index (χ3v) is 11.1. The number of rotatable bonds is 6. The van der Waals surface area contributed by atoms with Crippen LogP contribution in [0.3, 0.4) is 0 Å². The fraction of sp³-hybridized carbons (Fsp3) is 0.769. The topological polar surface area (TPSA) is 43.7 Å². The van der Waals surface area contributed by atoms with Crippen molar-refractivity contribution >= 4 is 21.6 Å². The number of halogens is 1. The van der Waals surface area contributed by atoms with Gasteiger partial charge in [-0.2, -0.15) is 0 Å². The van der Waals surface area contributed by atoms with Crippen molar-refractivity contribution in [2.45, 2.75) is 94.7 Å². The summed E-state index contributed by atoms with van der Waals surface area (Å²) in [6.07, 6.45) is 7.66. The SMILES string of the molecule is CCCCCC[N+]12[C@H](O)[C@@H](CC)C3C[C@H]1[C@@H]1N(C)c4ccc(Br)cc4C14C[C@H]2C3C4O. The van der Waals surface area contributed by atoms with Gasteiger partial charge < -0.3 is 15.1 Å². The summed E-state index contributed by atoms with van der Waals surface area (Å²) in [7, 11) is 2.25. The zero-order chi connectivity index (χ0) is 21.7. The molecule has 5 fully saturated rings. The van der Waals surface area contributed by atoms with E-state index in [1.165, 1.54) is 43.4 Å². The number of likely N-dealkylation sites (N-methyl/N-ethyl adjacent to an activating group) is 1. The molecule has 5 heteroatoms. The van der Waals surface area contributed by atoms with Gasteiger partial charge in [-0.15, -0.1) is 0 Å². The van der Waals surface area contributed by atoms with Gasteiger partial charge in [0.1, 0.15) is 6.04 Å². The second-order valence-electron chi connectivity index (χ2n) is 11.3. The van der Waals surface area contributed by atoms with E-state index in [0.29, 0.717) is 29.8 Å². The third kappa shape index (κ3) is 2.28. The van der Waals surface area contributed by atoms with Gasteiger partial charge in [-0.1, -0.05) is 42.6 Å². The van der Waals surface area contributed by atoms with Crippen LogP contribution in [0.25, 0.3) is 0 Å². The lowest BCUT2D eigenvalue weighted by molar-refractivity contribution is -1.04. The maximum atomic E-state index is 12.1. The van der Waals surface area contributed by atoms with E-state index in [1.54, 1.807) is 0 Å². The van der Waals surface area contributed by atoms with Gasteiger partial charge in [-0.3, -0.25) is 4.48 Å². The fourth-order valence-electron chi connectivity index (χ4n) is 9.67. The molecule has 1 aliphatic carbocycles. The van der Waals surface area contributed by atoms with E-state index in [4.69, 9.17) is 0 Å². The molecule has 1 spiro atoms. The summed E-state index contributed by atoms with van der Waals surface area (Å²) in [5, 5.41) is 24.0. The smallest absolute Gasteiger partial charge is 0.194 e. The van der Waals surface area contributed by atoms with Crippen LogP contribution in [0.5, 0.6) is 0 Å². The molecule has 1 saturated carbocycles. The van der Waals surface area contributed by atoms with Gasteiger partial charge in [-0.25, -0.2) is 0 Å². The first-order chi connectivity index (χ1) is 14.9. The summed E-state index contributed by atoms with van der Waals surface area (Å²) in [6.45, 7) is 5.61. The average Bonchev–Trinajstić information content (AvgIpc) is 3.13. The molecule has 1 aromatic carbocycles. The van der Waals surface area contributed by atoms with Crippen LogP contribution in [-0.4, -0.2) is 58.7 Å². The maximum absolute atomic E-state index is 12.1. The first-order valence-electron chi connectivity index (χ1n) is 12.7. The van der Waals surface area contributed by atoms with E-state index in [-0.39, 0.29) is 23.8 Å². The molecule has 7 rings (SSSR count). The van der Waals surface area contributed by atoms with Crippen molar-refractivity contribution in [3.63, 3.8) is 0 Å². The molecule has 5 aliphatic heterocycles. The second-order valence-corrected chi connectivity index (χ2v) is 12.2. The Morgan fingerprint density at radius 1 is 1.16 bits per heavy atom. The highest BCUT2D eigenvalue weighted by atomic mass is 79.9. The molecule has 4 nitrogen and oxygen atoms in total. The lowest BCUT2D eigenvalue weighted by Gasteiger charge is -2.68.